The third-order valence-corrected chi connectivity index (χ3v) is 4.19. The number of carbonyl (C=O) groups excluding carboxylic acids is 1. The second-order valence-electron chi connectivity index (χ2n) is 5.16. The van der Waals surface area contributed by atoms with Gasteiger partial charge in [-0.2, -0.15) is 0 Å². The van der Waals surface area contributed by atoms with Crippen LogP contribution in [0.2, 0.25) is 0 Å². The third kappa shape index (κ3) is 5.39. The van der Waals surface area contributed by atoms with Crippen molar-refractivity contribution in [3.05, 3.63) is 0 Å². The molecule has 1 fully saturated rings. The van der Waals surface area contributed by atoms with Crippen molar-refractivity contribution in [1.29, 1.82) is 0 Å². The summed E-state index contributed by atoms with van der Waals surface area (Å²) in [5.74, 6) is -3.46. The number of Topliss-reactive ketones (excluding diaryl/α,β-unsaturated/α-hetero) is 1. The molecule has 0 amide bonds. The van der Waals surface area contributed by atoms with Crippen molar-refractivity contribution in [3.8, 4) is 0 Å². The number of alkyl halides is 2. The Balaban J connectivity index is 2.37. The fraction of sp³-hybridized carbons (Fsp3) is 0.909. The highest BCUT2D eigenvalue weighted by molar-refractivity contribution is 7.90. The standard InChI is InChI=1S/C11H19F2NO3S/c1-18(16,17)5-3-9(14)10(15)6-8-2-4-11(12,13)7-8/h8-9H,2-7,14H2,1H3. The highest BCUT2D eigenvalue weighted by Crippen LogP contribution is 2.40. The molecule has 0 aromatic carbocycles. The van der Waals surface area contributed by atoms with E-state index in [-0.39, 0.29) is 43.1 Å². The van der Waals surface area contributed by atoms with Gasteiger partial charge in [-0.05, 0) is 18.8 Å². The molecule has 0 aromatic rings. The Morgan fingerprint density at radius 2 is 2.11 bits per heavy atom. The zero-order chi connectivity index (χ0) is 14.0. The Kier molecular flexibility index (Phi) is 4.83. The molecule has 2 unspecified atom stereocenters. The maximum atomic E-state index is 12.9. The van der Waals surface area contributed by atoms with E-state index in [1.807, 2.05) is 0 Å². The number of sulfone groups is 1. The van der Waals surface area contributed by atoms with E-state index in [2.05, 4.69) is 0 Å². The lowest BCUT2D eigenvalue weighted by molar-refractivity contribution is -0.121. The molecule has 106 valence electrons. The normalized spacial score (nSPS) is 25.0. The van der Waals surface area contributed by atoms with Crippen molar-refractivity contribution in [2.24, 2.45) is 11.7 Å². The number of halogens is 2. The second kappa shape index (κ2) is 5.61. The van der Waals surface area contributed by atoms with Gasteiger partial charge in [0.1, 0.15) is 15.6 Å². The first-order valence-corrected chi connectivity index (χ1v) is 7.99. The molecule has 0 heterocycles. The summed E-state index contributed by atoms with van der Waals surface area (Å²) in [7, 11) is -3.15. The highest BCUT2D eigenvalue weighted by Gasteiger charge is 2.40. The zero-order valence-corrected chi connectivity index (χ0v) is 11.2. The van der Waals surface area contributed by atoms with Gasteiger partial charge in [0, 0.05) is 25.5 Å². The zero-order valence-electron chi connectivity index (χ0n) is 10.4. The molecule has 0 bridgehead atoms. The van der Waals surface area contributed by atoms with Crippen LogP contribution < -0.4 is 5.73 Å². The lowest BCUT2D eigenvalue weighted by Crippen LogP contribution is -2.33. The van der Waals surface area contributed by atoms with Gasteiger partial charge in [0.15, 0.2) is 0 Å². The Morgan fingerprint density at radius 3 is 2.56 bits per heavy atom. The maximum absolute atomic E-state index is 12.9. The van der Waals surface area contributed by atoms with Crippen LogP contribution in [0.3, 0.4) is 0 Å². The van der Waals surface area contributed by atoms with E-state index in [0.29, 0.717) is 6.42 Å². The predicted molar refractivity (Wildman–Crippen MR) is 64.2 cm³/mol. The van der Waals surface area contributed by atoms with Crippen LogP contribution in [0, 0.1) is 5.92 Å². The molecule has 4 nitrogen and oxygen atoms in total. The molecule has 2 N–H and O–H groups in total. The second-order valence-corrected chi connectivity index (χ2v) is 7.42. The minimum Gasteiger partial charge on any atom is -0.321 e. The Labute approximate surface area is 106 Å². The van der Waals surface area contributed by atoms with E-state index < -0.39 is 21.8 Å². The number of hydrogen-bond acceptors (Lipinski definition) is 4. The highest BCUT2D eigenvalue weighted by atomic mass is 32.2. The smallest absolute Gasteiger partial charge is 0.248 e. The number of carbonyl (C=O) groups is 1. The van der Waals surface area contributed by atoms with Crippen LogP contribution in [0.4, 0.5) is 8.78 Å². The van der Waals surface area contributed by atoms with Crippen molar-refractivity contribution in [1.82, 2.24) is 0 Å². The number of nitrogens with two attached hydrogens (primary N) is 1. The molecule has 7 heteroatoms. The monoisotopic (exact) mass is 283 g/mol. The maximum Gasteiger partial charge on any atom is 0.248 e. The Hall–Kier alpha value is -0.560. The van der Waals surface area contributed by atoms with E-state index in [1.165, 1.54) is 0 Å². The van der Waals surface area contributed by atoms with Crippen LogP contribution in [0.25, 0.3) is 0 Å². The van der Waals surface area contributed by atoms with E-state index in [1.54, 1.807) is 0 Å². The topological polar surface area (TPSA) is 77.2 Å². The fourth-order valence-corrected chi connectivity index (χ4v) is 2.84. The Morgan fingerprint density at radius 1 is 1.50 bits per heavy atom. The molecule has 1 aliphatic rings. The van der Waals surface area contributed by atoms with Crippen LogP contribution in [-0.2, 0) is 14.6 Å². The summed E-state index contributed by atoms with van der Waals surface area (Å²) in [4.78, 5) is 11.7. The Bertz CT molecular complexity index is 409. The van der Waals surface area contributed by atoms with Gasteiger partial charge in [-0.15, -0.1) is 0 Å². The van der Waals surface area contributed by atoms with E-state index >= 15 is 0 Å². The molecular formula is C11H19F2NO3S. The van der Waals surface area contributed by atoms with E-state index in [9.17, 15) is 22.0 Å². The minimum atomic E-state index is -3.15. The molecule has 2 atom stereocenters. The van der Waals surface area contributed by atoms with Crippen molar-refractivity contribution in [2.75, 3.05) is 12.0 Å². The van der Waals surface area contributed by atoms with Crippen LogP contribution in [0.1, 0.15) is 32.1 Å². The van der Waals surface area contributed by atoms with Crippen LogP contribution in [-0.4, -0.2) is 38.2 Å². The van der Waals surface area contributed by atoms with Gasteiger partial charge >= 0.3 is 0 Å². The molecule has 0 spiro atoms. The molecule has 18 heavy (non-hydrogen) atoms. The quantitative estimate of drug-likeness (QED) is 0.793. The van der Waals surface area contributed by atoms with Crippen LogP contribution in [0.5, 0.6) is 0 Å². The van der Waals surface area contributed by atoms with E-state index in [4.69, 9.17) is 5.73 Å². The molecule has 0 aromatic heterocycles. The van der Waals surface area contributed by atoms with Gasteiger partial charge < -0.3 is 5.73 Å². The molecule has 1 saturated carbocycles. The summed E-state index contributed by atoms with van der Waals surface area (Å²) >= 11 is 0. The summed E-state index contributed by atoms with van der Waals surface area (Å²) in [6.07, 6.45) is 1.04. The average molecular weight is 283 g/mol. The molecule has 0 radical (unpaired) electrons. The van der Waals surface area contributed by atoms with Gasteiger partial charge in [-0.25, -0.2) is 17.2 Å². The van der Waals surface area contributed by atoms with Gasteiger partial charge in [0.2, 0.25) is 5.92 Å². The van der Waals surface area contributed by atoms with Crippen molar-refractivity contribution >= 4 is 15.6 Å². The van der Waals surface area contributed by atoms with Crippen LogP contribution >= 0.6 is 0 Å². The minimum absolute atomic E-state index is 0.0283. The SMILES string of the molecule is CS(=O)(=O)CCC(N)C(=O)CC1CCC(F)(F)C1. The summed E-state index contributed by atoms with van der Waals surface area (Å²) in [6, 6.07) is -0.867. The number of hydrogen-bond donors (Lipinski definition) is 1. The van der Waals surface area contributed by atoms with Crippen molar-refractivity contribution in [3.63, 3.8) is 0 Å². The molecule has 1 aliphatic carbocycles. The molecule has 0 aliphatic heterocycles. The van der Waals surface area contributed by atoms with Gasteiger partial charge in [-0.3, -0.25) is 4.79 Å². The van der Waals surface area contributed by atoms with Gasteiger partial charge in [-0.1, -0.05) is 0 Å². The molecular weight excluding hydrogens is 264 g/mol. The fourth-order valence-electron chi connectivity index (χ4n) is 2.15. The number of ketones is 1. The van der Waals surface area contributed by atoms with Crippen LogP contribution in [0.15, 0.2) is 0 Å². The van der Waals surface area contributed by atoms with Gasteiger partial charge in [0.25, 0.3) is 0 Å². The first kappa shape index (κ1) is 15.5. The van der Waals surface area contributed by atoms with Crippen molar-refractivity contribution in [2.45, 2.75) is 44.1 Å². The summed E-state index contributed by atoms with van der Waals surface area (Å²) < 4.78 is 47.7. The molecule has 0 saturated heterocycles. The van der Waals surface area contributed by atoms with E-state index in [0.717, 1.165) is 6.26 Å². The third-order valence-electron chi connectivity index (χ3n) is 3.21. The number of rotatable bonds is 6. The molecule has 1 rings (SSSR count). The predicted octanol–water partition coefficient (Wildman–Crippen LogP) is 1.14. The summed E-state index contributed by atoms with van der Waals surface area (Å²) in [6.45, 7) is 0. The lowest BCUT2D eigenvalue weighted by Gasteiger charge is -2.13. The first-order valence-electron chi connectivity index (χ1n) is 5.93. The summed E-state index contributed by atoms with van der Waals surface area (Å²) in [5, 5.41) is 0. The van der Waals surface area contributed by atoms with Crippen molar-refractivity contribution < 1.29 is 22.0 Å². The first-order chi connectivity index (χ1) is 8.09. The average Bonchev–Trinajstić information content (AvgIpc) is 2.53. The lowest BCUT2D eigenvalue weighted by atomic mass is 9.96. The summed E-state index contributed by atoms with van der Waals surface area (Å²) in [5.41, 5.74) is 5.57. The van der Waals surface area contributed by atoms with Gasteiger partial charge in [0.05, 0.1) is 11.8 Å². The largest absolute Gasteiger partial charge is 0.321 e.